The zero-order chi connectivity index (χ0) is 13.9. The topological polar surface area (TPSA) is 35.8 Å². The zero-order valence-electron chi connectivity index (χ0n) is 10.8. The van der Waals surface area contributed by atoms with Crippen molar-refractivity contribution in [1.82, 2.24) is 0 Å². The van der Waals surface area contributed by atoms with Gasteiger partial charge in [-0.05, 0) is 29.8 Å². The molecule has 100 valence electrons. The molecule has 0 fully saturated rings. The highest BCUT2D eigenvalue weighted by atomic mass is 79.9. The molecule has 2 nitrogen and oxygen atoms in total. The SMILES string of the molecule is N#Cc1ccc(Br)cc1NCC1CSc2ccccc21. The van der Waals surface area contributed by atoms with Gasteiger partial charge in [-0.1, -0.05) is 34.1 Å². The monoisotopic (exact) mass is 344 g/mol. The van der Waals surface area contributed by atoms with Gasteiger partial charge in [0.05, 0.1) is 11.3 Å². The fourth-order valence-electron chi connectivity index (χ4n) is 2.39. The Kier molecular flexibility index (Phi) is 4.00. The molecule has 1 aliphatic rings. The molecule has 0 aliphatic carbocycles. The quantitative estimate of drug-likeness (QED) is 0.882. The number of halogens is 1. The number of nitrogens with one attached hydrogen (secondary N) is 1. The molecule has 1 unspecified atom stereocenters. The molecule has 20 heavy (non-hydrogen) atoms. The average Bonchev–Trinajstić information content (AvgIpc) is 2.88. The highest BCUT2D eigenvalue weighted by molar-refractivity contribution is 9.10. The minimum atomic E-state index is 0.502. The molecule has 0 saturated carbocycles. The second-order valence-electron chi connectivity index (χ2n) is 4.73. The lowest BCUT2D eigenvalue weighted by molar-refractivity contribution is 0.818. The average molecular weight is 345 g/mol. The summed E-state index contributed by atoms with van der Waals surface area (Å²) in [5, 5.41) is 12.6. The number of fused-ring (bicyclic) bond motifs is 1. The predicted molar refractivity (Wildman–Crippen MR) is 87.3 cm³/mol. The second kappa shape index (κ2) is 5.90. The van der Waals surface area contributed by atoms with Crippen LogP contribution in [0.4, 0.5) is 5.69 Å². The van der Waals surface area contributed by atoms with Gasteiger partial charge in [0.2, 0.25) is 0 Å². The second-order valence-corrected chi connectivity index (χ2v) is 6.71. The van der Waals surface area contributed by atoms with Crippen LogP contribution in [-0.4, -0.2) is 12.3 Å². The smallest absolute Gasteiger partial charge is 0.101 e. The van der Waals surface area contributed by atoms with Crippen LogP contribution in [0.15, 0.2) is 51.8 Å². The molecule has 0 radical (unpaired) electrons. The molecule has 0 saturated heterocycles. The fourth-order valence-corrected chi connectivity index (χ4v) is 4.01. The van der Waals surface area contributed by atoms with Crippen LogP contribution in [0, 0.1) is 11.3 Å². The van der Waals surface area contributed by atoms with Crippen LogP contribution in [0.2, 0.25) is 0 Å². The molecule has 1 aliphatic heterocycles. The Hall–Kier alpha value is -1.44. The minimum absolute atomic E-state index is 0.502. The molecular formula is C16H13BrN2S. The van der Waals surface area contributed by atoms with Crippen LogP contribution >= 0.6 is 27.7 Å². The van der Waals surface area contributed by atoms with Crippen LogP contribution in [0.3, 0.4) is 0 Å². The highest BCUT2D eigenvalue weighted by Crippen LogP contribution is 2.39. The number of benzene rings is 2. The van der Waals surface area contributed by atoms with E-state index in [0.717, 1.165) is 22.5 Å². The van der Waals surface area contributed by atoms with Gasteiger partial charge >= 0.3 is 0 Å². The number of hydrogen-bond acceptors (Lipinski definition) is 3. The Morgan fingerprint density at radius 2 is 2.15 bits per heavy atom. The molecule has 4 heteroatoms. The Bertz CT molecular complexity index is 678. The van der Waals surface area contributed by atoms with E-state index in [2.05, 4.69) is 51.6 Å². The van der Waals surface area contributed by atoms with Gasteiger partial charge in [-0.3, -0.25) is 0 Å². The molecular weight excluding hydrogens is 332 g/mol. The standard InChI is InChI=1S/C16H13BrN2S/c17-13-6-5-11(8-18)15(7-13)19-9-12-10-20-16-4-2-1-3-14(12)16/h1-7,12,19H,9-10H2. The first kappa shape index (κ1) is 13.5. The van der Waals surface area contributed by atoms with Crippen molar-refractivity contribution in [3.63, 3.8) is 0 Å². The Labute approximate surface area is 131 Å². The Morgan fingerprint density at radius 3 is 3.00 bits per heavy atom. The maximum absolute atomic E-state index is 9.15. The van der Waals surface area contributed by atoms with E-state index < -0.39 is 0 Å². The largest absolute Gasteiger partial charge is 0.383 e. The van der Waals surface area contributed by atoms with Crippen molar-refractivity contribution in [2.45, 2.75) is 10.8 Å². The number of anilines is 1. The van der Waals surface area contributed by atoms with Gasteiger partial charge in [-0.25, -0.2) is 0 Å². The van der Waals surface area contributed by atoms with Crippen LogP contribution in [0.1, 0.15) is 17.0 Å². The first-order valence-corrected chi connectivity index (χ1v) is 8.21. The maximum atomic E-state index is 9.15. The van der Waals surface area contributed by atoms with Crippen molar-refractivity contribution in [2.24, 2.45) is 0 Å². The van der Waals surface area contributed by atoms with E-state index in [1.807, 2.05) is 30.0 Å². The van der Waals surface area contributed by atoms with Gasteiger partial charge in [0.1, 0.15) is 6.07 Å². The summed E-state index contributed by atoms with van der Waals surface area (Å²) in [4.78, 5) is 1.38. The van der Waals surface area contributed by atoms with Crippen molar-refractivity contribution in [3.05, 3.63) is 58.1 Å². The number of hydrogen-bond donors (Lipinski definition) is 1. The number of nitrogens with zero attached hydrogens (tertiary/aromatic N) is 1. The summed E-state index contributed by atoms with van der Waals surface area (Å²) in [6.07, 6.45) is 0. The lowest BCUT2D eigenvalue weighted by Gasteiger charge is -2.14. The summed E-state index contributed by atoms with van der Waals surface area (Å²) in [5.41, 5.74) is 3.00. The summed E-state index contributed by atoms with van der Waals surface area (Å²) in [5.74, 6) is 1.60. The van der Waals surface area contributed by atoms with E-state index in [1.54, 1.807) is 0 Å². The summed E-state index contributed by atoms with van der Waals surface area (Å²) >= 11 is 5.36. The Balaban J connectivity index is 1.76. The van der Waals surface area contributed by atoms with Gasteiger partial charge < -0.3 is 5.32 Å². The van der Waals surface area contributed by atoms with E-state index in [1.165, 1.54) is 10.5 Å². The van der Waals surface area contributed by atoms with Crippen molar-refractivity contribution in [3.8, 4) is 6.07 Å². The molecule has 0 amide bonds. The van der Waals surface area contributed by atoms with Gasteiger partial charge in [-0.2, -0.15) is 5.26 Å². The Morgan fingerprint density at radius 1 is 1.30 bits per heavy atom. The molecule has 1 heterocycles. The number of nitriles is 1. The van der Waals surface area contributed by atoms with E-state index >= 15 is 0 Å². The van der Waals surface area contributed by atoms with Crippen molar-refractivity contribution < 1.29 is 0 Å². The van der Waals surface area contributed by atoms with E-state index in [4.69, 9.17) is 5.26 Å². The molecule has 0 bridgehead atoms. The van der Waals surface area contributed by atoms with Crippen molar-refractivity contribution >= 4 is 33.4 Å². The predicted octanol–water partition coefficient (Wildman–Crippen LogP) is 4.62. The van der Waals surface area contributed by atoms with E-state index in [-0.39, 0.29) is 0 Å². The van der Waals surface area contributed by atoms with Gasteiger partial charge in [0.25, 0.3) is 0 Å². The lowest BCUT2D eigenvalue weighted by atomic mass is 10.0. The molecule has 1 N–H and O–H groups in total. The minimum Gasteiger partial charge on any atom is -0.383 e. The highest BCUT2D eigenvalue weighted by Gasteiger charge is 2.22. The zero-order valence-corrected chi connectivity index (χ0v) is 13.2. The van der Waals surface area contributed by atoms with Gasteiger partial charge in [-0.15, -0.1) is 11.8 Å². The first-order valence-electron chi connectivity index (χ1n) is 6.43. The maximum Gasteiger partial charge on any atom is 0.101 e. The third-order valence-electron chi connectivity index (χ3n) is 3.44. The third kappa shape index (κ3) is 2.70. The van der Waals surface area contributed by atoms with Gasteiger partial charge in [0, 0.05) is 27.6 Å². The number of thioether (sulfide) groups is 1. The van der Waals surface area contributed by atoms with Crippen LogP contribution in [0.5, 0.6) is 0 Å². The lowest BCUT2D eigenvalue weighted by Crippen LogP contribution is -2.13. The molecule has 1 atom stereocenters. The molecule has 3 rings (SSSR count). The molecule has 2 aromatic carbocycles. The number of rotatable bonds is 3. The third-order valence-corrected chi connectivity index (χ3v) is 5.18. The van der Waals surface area contributed by atoms with Crippen molar-refractivity contribution in [1.29, 1.82) is 5.26 Å². The first-order chi connectivity index (χ1) is 9.78. The summed E-state index contributed by atoms with van der Waals surface area (Å²) in [6, 6.07) is 16.5. The molecule has 0 spiro atoms. The molecule has 2 aromatic rings. The summed E-state index contributed by atoms with van der Waals surface area (Å²) < 4.78 is 0.986. The summed E-state index contributed by atoms with van der Waals surface area (Å²) in [6.45, 7) is 0.856. The normalized spacial score (nSPS) is 16.5. The van der Waals surface area contributed by atoms with Crippen LogP contribution in [0.25, 0.3) is 0 Å². The van der Waals surface area contributed by atoms with Crippen LogP contribution in [-0.2, 0) is 0 Å². The van der Waals surface area contributed by atoms with Crippen molar-refractivity contribution in [2.75, 3.05) is 17.6 Å². The van der Waals surface area contributed by atoms with Crippen LogP contribution < -0.4 is 5.32 Å². The van der Waals surface area contributed by atoms with Gasteiger partial charge in [0.15, 0.2) is 0 Å². The summed E-state index contributed by atoms with van der Waals surface area (Å²) in [7, 11) is 0. The van der Waals surface area contributed by atoms with E-state index in [0.29, 0.717) is 11.5 Å². The molecule has 0 aromatic heterocycles. The fraction of sp³-hybridized carbons (Fsp3) is 0.188. The van der Waals surface area contributed by atoms with E-state index in [9.17, 15) is 0 Å².